The van der Waals surface area contributed by atoms with Gasteiger partial charge >= 0.3 is 0 Å². The summed E-state index contributed by atoms with van der Waals surface area (Å²) in [6.45, 7) is 2.75. The number of anilines is 1. The molecule has 0 saturated heterocycles. The Morgan fingerprint density at radius 1 is 1.08 bits per heavy atom. The normalized spacial score (nSPS) is 14.5. The fourth-order valence-corrected chi connectivity index (χ4v) is 3.98. The van der Waals surface area contributed by atoms with E-state index in [1.165, 1.54) is 0 Å². The number of amides is 1. The average Bonchev–Trinajstić information content (AvgIpc) is 2.60. The Bertz CT molecular complexity index is 848. The number of nitrogens with one attached hydrogen (secondary N) is 1. The van der Waals surface area contributed by atoms with Crippen molar-refractivity contribution in [1.29, 1.82) is 0 Å². The molecule has 2 aromatic rings. The minimum Gasteiger partial charge on any atom is -0.312 e. The van der Waals surface area contributed by atoms with Crippen LogP contribution in [0, 0.1) is 0 Å². The summed E-state index contributed by atoms with van der Waals surface area (Å²) in [6.07, 6.45) is 0.995. The lowest BCUT2D eigenvalue weighted by atomic mass is 10.0. The number of nitrogens with zero attached hydrogens (tertiary/aromatic N) is 1. The molecule has 1 amide bonds. The molecule has 1 heterocycles. The molecule has 0 aromatic heterocycles. The zero-order chi connectivity index (χ0) is 17.2. The smallest absolute Gasteiger partial charge is 0.240 e. The third kappa shape index (κ3) is 3.34. The summed E-state index contributed by atoms with van der Waals surface area (Å²) < 4.78 is 27.7. The number of fused-ring (bicyclic) bond motifs is 1. The predicted octanol–water partition coefficient (Wildman–Crippen LogP) is 2.46. The lowest BCUT2D eigenvalue weighted by Gasteiger charge is -2.28. The molecule has 0 unspecified atom stereocenters. The summed E-state index contributed by atoms with van der Waals surface area (Å²) >= 11 is 0. The van der Waals surface area contributed by atoms with Crippen LogP contribution in [0.4, 0.5) is 5.69 Å². The number of aryl methyl sites for hydroxylation is 1. The molecule has 0 aliphatic carbocycles. The molecule has 6 heteroatoms. The molecule has 1 N–H and O–H groups in total. The van der Waals surface area contributed by atoms with E-state index in [0.717, 1.165) is 16.8 Å². The molecule has 3 rings (SSSR count). The number of carbonyl (C=O) groups excluding carboxylic acids is 1. The Labute approximate surface area is 142 Å². The van der Waals surface area contributed by atoms with Crippen molar-refractivity contribution in [3.8, 4) is 0 Å². The monoisotopic (exact) mass is 344 g/mol. The van der Waals surface area contributed by atoms with Crippen LogP contribution in [0.3, 0.4) is 0 Å². The third-order valence-electron chi connectivity index (χ3n) is 4.19. The number of hydrogen-bond acceptors (Lipinski definition) is 3. The van der Waals surface area contributed by atoms with Crippen LogP contribution in [0.15, 0.2) is 53.4 Å². The predicted molar refractivity (Wildman–Crippen MR) is 93.3 cm³/mol. The van der Waals surface area contributed by atoms with E-state index in [1.807, 2.05) is 37.3 Å². The van der Waals surface area contributed by atoms with Crippen molar-refractivity contribution in [3.63, 3.8) is 0 Å². The van der Waals surface area contributed by atoms with E-state index >= 15 is 0 Å². The third-order valence-corrected chi connectivity index (χ3v) is 5.59. The van der Waals surface area contributed by atoms with Gasteiger partial charge in [-0.1, -0.05) is 30.3 Å². The van der Waals surface area contributed by atoms with Crippen molar-refractivity contribution >= 4 is 21.6 Å². The Kier molecular flexibility index (Phi) is 4.69. The van der Waals surface area contributed by atoms with Crippen LogP contribution in [-0.4, -0.2) is 20.9 Å². The molecule has 5 nitrogen and oxygen atoms in total. The second kappa shape index (κ2) is 6.75. The maximum absolute atomic E-state index is 12.5. The van der Waals surface area contributed by atoms with Gasteiger partial charge in [-0.3, -0.25) is 4.79 Å². The van der Waals surface area contributed by atoms with E-state index in [9.17, 15) is 13.2 Å². The van der Waals surface area contributed by atoms with Crippen molar-refractivity contribution in [2.45, 2.75) is 31.2 Å². The number of benzene rings is 2. The highest BCUT2D eigenvalue weighted by molar-refractivity contribution is 7.89. The fraction of sp³-hybridized carbons (Fsp3) is 0.278. The molecular weight excluding hydrogens is 324 g/mol. The van der Waals surface area contributed by atoms with Crippen molar-refractivity contribution in [2.24, 2.45) is 0 Å². The van der Waals surface area contributed by atoms with Crippen LogP contribution in [0.25, 0.3) is 0 Å². The Balaban J connectivity index is 1.83. The zero-order valence-corrected chi connectivity index (χ0v) is 14.3. The van der Waals surface area contributed by atoms with Gasteiger partial charge in [-0.05, 0) is 42.7 Å². The van der Waals surface area contributed by atoms with Gasteiger partial charge in [0.1, 0.15) is 0 Å². The molecule has 0 saturated carbocycles. The van der Waals surface area contributed by atoms with Gasteiger partial charge in [-0.2, -0.15) is 0 Å². The summed E-state index contributed by atoms with van der Waals surface area (Å²) in [7, 11) is -3.58. The van der Waals surface area contributed by atoms with Crippen LogP contribution >= 0.6 is 0 Å². The van der Waals surface area contributed by atoms with E-state index in [4.69, 9.17) is 0 Å². The van der Waals surface area contributed by atoms with Gasteiger partial charge in [0.25, 0.3) is 0 Å². The molecule has 0 fully saturated rings. The van der Waals surface area contributed by atoms with Crippen molar-refractivity contribution in [1.82, 2.24) is 4.72 Å². The van der Waals surface area contributed by atoms with Crippen LogP contribution in [0.5, 0.6) is 0 Å². The first-order valence-electron chi connectivity index (χ1n) is 7.98. The quantitative estimate of drug-likeness (QED) is 0.906. The largest absolute Gasteiger partial charge is 0.312 e. The van der Waals surface area contributed by atoms with E-state index in [1.54, 1.807) is 23.1 Å². The second-order valence-corrected chi connectivity index (χ2v) is 7.51. The number of sulfonamides is 1. The topological polar surface area (TPSA) is 66.5 Å². The number of rotatable bonds is 5. The van der Waals surface area contributed by atoms with E-state index < -0.39 is 10.0 Å². The summed E-state index contributed by atoms with van der Waals surface area (Å²) in [5.41, 5.74) is 2.62. The first-order valence-corrected chi connectivity index (χ1v) is 9.46. The van der Waals surface area contributed by atoms with Gasteiger partial charge in [0.05, 0.1) is 4.90 Å². The van der Waals surface area contributed by atoms with Crippen LogP contribution < -0.4 is 9.62 Å². The first kappa shape index (κ1) is 16.7. The van der Waals surface area contributed by atoms with E-state index in [0.29, 0.717) is 19.4 Å². The fourth-order valence-electron chi connectivity index (χ4n) is 2.91. The average molecular weight is 344 g/mol. The molecule has 24 heavy (non-hydrogen) atoms. The maximum Gasteiger partial charge on any atom is 0.240 e. The van der Waals surface area contributed by atoms with Gasteiger partial charge in [-0.15, -0.1) is 0 Å². The standard InChI is InChI=1S/C18H20N2O3S/c1-2-20-17-10-9-16(12-15(17)8-11-18(20)21)24(22,23)19-13-14-6-4-3-5-7-14/h3-7,9-10,12,19H,2,8,11,13H2,1H3. The van der Waals surface area contributed by atoms with Gasteiger partial charge < -0.3 is 4.90 Å². The molecular formula is C18H20N2O3S. The Morgan fingerprint density at radius 2 is 1.83 bits per heavy atom. The zero-order valence-electron chi connectivity index (χ0n) is 13.5. The number of hydrogen-bond donors (Lipinski definition) is 1. The summed E-state index contributed by atoms with van der Waals surface area (Å²) in [6, 6.07) is 14.4. The minimum absolute atomic E-state index is 0.0859. The molecule has 2 aromatic carbocycles. The highest BCUT2D eigenvalue weighted by Gasteiger charge is 2.24. The summed E-state index contributed by atoms with van der Waals surface area (Å²) in [5.74, 6) is 0.0859. The molecule has 1 aliphatic heterocycles. The van der Waals surface area contributed by atoms with Gasteiger partial charge in [-0.25, -0.2) is 13.1 Å². The minimum atomic E-state index is -3.58. The van der Waals surface area contributed by atoms with Crippen LogP contribution in [-0.2, 0) is 27.8 Å². The highest BCUT2D eigenvalue weighted by atomic mass is 32.2. The highest BCUT2D eigenvalue weighted by Crippen LogP contribution is 2.29. The maximum atomic E-state index is 12.5. The summed E-state index contributed by atoms with van der Waals surface area (Å²) in [5, 5.41) is 0. The molecule has 126 valence electrons. The van der Waals surface area contributed by atoms with Crippen molar-refractivity contribution in [2.75, 3.05) is 11.4 Å². The lowest BCUT2D eigenvalue weighted by Crippen LogP contribution is -2.35. The lowest BCUT2D eigenvalue weighted by molar-refractivity contribution is -0.118. The second-order valence-electron chi connectivity index (χ2n) is 5.74. The Hall–Kier alpha value is -2.18. The molecule has 0 bridgehead atoms. The van der Waals surface area contributed by atoms with Gasteiger partial charge in [0, 0.05) is 25.2 Å². The SMILES string of the molecule is CCN1C(=O)CCc2cc(S(=O)(=O)NCc3ccccc3)ccc21. The summed E-state index contributed by atoms with van der Waals surface area (Å²) in [4.78, 5) is 13.9. The molecule has 0 radical (unpaired) electrons. The van der Waals surface area contributed by atoms with Crippen molar-refractivity contribution in [3.05, 3.63) is 59.7 Å². The molecule has 1 aliphatic rings. The van der Waals surface area contributed by atoms with Crippen LogP contribution in [0.1, 0.15) is 24.5 Å². The first-order chi connectivity index (χ1) is 11.5. The Morgan fingerprint density at radius 3 is 2.54 bits per heavy atom. The van der Waals surface area contributed by atoms with Gasteiger partial charge in [0.15, 0.2) is 0 Å². The number of carbonyl (C=O) groups is 1. The van der Waals surface area contributed by atoms with E-state index in [2.05, 4.69) is 4.72 Å². The molecule has 0 atom stereocenters. The van der Waals surface area contributed by atoms with E-state index in [-0.39, 0.29) is 17.3 Å². The van der Waals surface area contributed by atoms with Crippen LogP contribution in [0.2, 0.25) is 0 Å². The van der Waals surface area contributed by atoms with Crippen molar-refractivity contribution < 1.29 is 13.2 Å². The molecule has 0 spiro atoms. The van der Waals surface area contributed by atoms with Gasteiger partial charge in [0.2, 0.25) is 15.9 Å².